The molecule has 0 aliphatic heterocycles. The highest BCUT2D eigenvalue weighted by Gasteiger charge is 2.34. The van der Waals surface area contributed by atoms with Crippen molar-refractivity contribution in [1.82, 2.24) is 4.57 Å². The molecule has 0 aliphatic rings. The van der Waals surface area contributed by atoms with Gasteiger partial charge in [0.05, 0.1) is 21.5 Å². The van der Waals surface area contributed by atoms with E-state index in [2.05, 4.69) is 0 Å². The van der Waals surface area contributed by atoms with Crippen molar-refractivity contribution >= 4 is 46.0 Å². The predicted molar refractivity (Wildman–Crippen MR) is 119 cm³/mol. The Hall–Kier alpha value is -2.57. The summed E-state index contributed by atoms with van der Waals surface area (Å²) in [4.78, 5) is 25.6. The van der Waals surface area contributed by atoms with Crippen molar-refractivity contribution < 1.29 is 24.2 Å². The summed E-state index contributed by atoms with van der Waals surface area (Å²) in [7, 11) is 0. The SMILES string of the molecule is Cc1c([C@H](CC(C)(C)C)C(=O)O)c2c(F)c(O)ccc2n1C(=O)c1ccc(Cl)c(Cl)c1. The molecule has 0 saturated heterocycles. The van der Waals surface area contributed by atoms with E-state index in [1.165, 1.54) is 28.8 Å². The number of hydrogen-bond acceptors (Lipinski definition) is 3. The molecule has 5 nitrogen and oxygen atoms in total. The fourth-order valence-corrected chi connectivity index (χ4v) is 4.15. The second kappa shape index (κ2) is 8.17. The summed E-state index contributed by atoms with van der Waals surface area (Å²) in [5.41, 5.74) is 0.438. The maximum atomic E-state index is 15.1. The Balaban J connectivity index is 2.35. The first kappa shape index (κ1) is 23.1. The van der Waals surface area contributed by atoms with Gasteiger partial charge in [-0.05, 0) is 54.7 Å². The van der Waals surface area contributed by atoms with Crippen LogP contribution in [-0.2, 0) is 4.79 Å². The van der Waals surface area contributed by atoms with Gasteiger partial charge in [0.1, 0.15) is 0 Å². The van der Waals surface area contributed by atoms with Crippen molar-refractivity contribution in [1.29, 1.82) is 0 Å². The third kappa shape index (κ3) is 4.27. The van der Waals surface area contributed by atoms with Crippen LogP contribution in [0.3, 0.4) is 0 Å². The zero-order chi connectivity index (χ0) is 23.2. The minimum Gasteiger partial charge on any atom is -0.505 e. The number of rotatable bonds is 4. The molecule has 1 atom stereocenters. The number of phenolic OH excluding ortho intramolecular Hbond substituents is 1. The van der Waals surface area contributed by atoms with E-state index in [9.17, 15) is 19.8 Å². The summed E-state index contributed by atoms with van der Waals surface area (Å²) in [6.45, 7) is 7.21. The molecule has 0 saturated carbocycles. The van der Waals surface area contributed by atoms with Crippen LogP contribution < -0.4 is 0 Å². The predicted octanol–water partition coefficient (Wildman–Crippen LogP) is 6.39. The topological polar surface area (TPSA) is 79.5 Å². The number of carbonyl (C=O) groups excluding carboxylic acids is 1. The molecule has 8 heteroatoms. The largest absolute Gasteiger partial charge is 0.505 e. The van der Waals surface area contributed by atoms with E-state index in [-0.39, 0.29) is 49.6 Å². The lowest BCUT2D eigenvalue weighted by Crippen LogP contribution is -2.21. The fourth-order valence-electron chi connectivity index (χ4n) is 3.85. The van der Waals surface area contributed by atoms with E-state index >= 15 is 4.39 Å². The van der Waals surface area contributed by atoms with Gasteiger partial charge in [0.25, 0.3) is 5.91 Å². The van der Waals surface area contributed by atoms with E-state index in [0.717, 1.165) is 6.07 Å². The molecule has 0 aliphatic carbocycles. The van der Waals surface area contributed by atoms with Crippen LogP contribution in [0.5, 0.6) is 5.75 Å². The standard InChI is InChI=1S/C23H22Cl2FNO4/c1-11-18(13(22(30)31)10-23(2,3)4)19-16(7-8-17(28)20(19)26)27(11)21(29)12-5-6-14(24)15(25)9-12/h5-9,13,28H,10H2,1-4H3,(H,30,31)/t13-/m0/s1. The molecule has 2 N–H and O–H groups in total. The molecule has 3 rings (SSSR count). The van der Waals surface area contributed by atoms with Crippen molar-refractivity contribution in [3.8, 4) is 5.75 Å². The number of aliphatic carboxylic acids is 1. The minimum absolute atomic E-state index is 0.0810. The smallest absolute Gasteiger partial charge is 0.311 e. The number of hydrogen-bond donors (Lipinski definition) is 2. The van der Waals surface area contributed by atoms with E-state index in [0.29, 0.717) is 0 Å². The Morgan fingerprint density at radius 3 is 2.32 bits per heavy atom. The molecule has 164 valence electrons. The normalized spacial score (nSPS) is 12.9. The Kier molecular flexibility index (Phi) is 6.09. The third-order valence-electron chi connectivity index (χ3n) is 5.17. The van der Waals surface area contributed by atoms with E-state index in [4.69, 9.17) is 23.2 Å². The van der Waals surface area contributed by atoms with Gasteiger partial charge in [0, 0.05) is 16.6 Å². The average Bonchev–Trinajstić information content (AvgIpc) is 2.96. The molecular formula is C23H22Cl2FNO4. The van der Waals surface area contributed by atoms with Crippen molar-refractivity contribution in [2.75, 3.05) is 0 Å². The molecule has 2 aromatic carbocycles. The van der Waals surface area contributed by atoms with Crippen molar-refractivity contribution in [2.45, 2.75) is 40.0 Å². The number of carboxylic acids is 1. The van der Waals surface area contributed by atoms with Crippen LogP contribution in [-0.4, -0.2) is 26.7 Å². The highest BCUT2D eigenvalue weighted by Crippen LogP contribution is 2.41. The minimum atomic E-state index is -1.14. The number of fused-ring (bicyclic) bond motifs is 1. The summed E-state index contributed by atoms with van der Waals surface area (Å²) < 4.78 is 16.3. The molecule has 0 bridgehead atoms. The van der Waals surface area contributed by atoms with E-state index in [1.54, 1.807) is 6.92 Å². The second-order valence-electron chi connectivity index (χ2n) is 8.72. The van der Waals surface area contributed by atoms with Gasteiger partial charge < -0.3 is 10.2 Å². The molecule has 0 amide bonds. The second-order valence-corrected chi connectivity index (χ2v) is 9.53. The lowest BCUT2D eigenvalue weighted by atomic mass is 9.80. The van der Waals surface area contributed by atoms with Gasteiger partial charge >= 0.3 is 5.97 Å². The summed E-state index contributed by atoms with van der Waals surface area (Å²) in [6.07, 6.45) is 0.207. The third-order valence-corrected chi connectivity index (χ3v) is 5.91. The number of carboxylic acid groups (broad SMARTS) is 1. The molecule has 1 heterocycles. The first-order chi connectivity index (χ1) is 14.3. The van der Waals surface area contributed by atoms with Crippen LogP contribution in [0, 0.1) is 18.2 Å². The molecule has 0 fully saturated rings. The van der Waals surface area contributed by atoms with Crippen LogP contribution in [0.1, 0.15) is 54.7 Å². The Bertz CT molecular complexity index is 1210. The number of phenols is 1. The summed E-state index contributed by atoms with van der Waals surface area (Å²) in [6, 6.07) is 6.90. The van der Waals surface area contributed by atoms with Crippen molar-refractivity contribution in [3.63, 3.8) is 0 Å². The number of nitrogens with zero attached hydrogens (tertiary/aromatic N) is 1. The number of halogens is 3. The van der Waals surface area contributed by atoms with Crippen LogP contribution in [0.25, 0.3) is 10.9 Å². The van der Waals surface area contributed by atoms with Crippen LogP contribution in [0.2, 0.25) is 10.0 Å². The fraction of sp³-hybridized carbons (Fsp3) is 0.304. The Morgan fingerprint density at radius 2 is 1.77 bits per heavy atom. The van der Waals surface area contributed by atoms with Gasteiger partial charge in [0.15, 0.2) is 11.6 Å². The van der Waals surface area contributed by atoms with Crippen molar-refractivity contribution in [3.05, 3.63) is 63.0 Å². The van der Waals surface area contributed by atoms with Gasteiger partial charge in [-0.1, -0.05) is 44.0 Å². The molecule has 0 radical (unpaired) electrons. The number of carbonyl (C=O) groups is 2. The van der Waals surface area contributed by atoms with E-state index in [1.807, 2.05) is 20.8 Å². The number of aromatic nitrogens is 1. The van der Waals surface area contributed by atoms with Gasteiger partial charge in [-0.2, -0.15) is 0 Å². The first-order valence-electron chi connectivity index (χ1n) is 9.58. The quantitative estimate of drug-likeness (QED) is 0.467. The maximum Gasteiger partial charge on any atom is 0.311 e. The molecule has 31 heavy (non-hydrogen) atoms. The summed E-state index contributed by atoms with van der Waals surface area (Å²) in [5.74, 6) is -4.31. The highest BCUT2D eigenvalue weighted by atomic mass is 35.5. The monoisotopic (exact) mass is 465 g/mol. The zero-order valence-electron chi connectivity index (χ0n) is 17.5. The Morgan fingerprint density at radius 1 is 1.13 bits per heavy atom. The van der Waals surface area contributed by atoms with Gasteiger partial charge in [0.2, 0.25) is 0 Å². The highest BCUT2D eigenvalue weighted by molar-refractivity contribution is 6.42. The lowest BCUT2D eigenvalue weighted by molar-refractivity contribution is -0.139. The zero-order valence-corrected chi connectivity index (χ0v) is 19.0. The van der Waals surface area contributed by atoms with Crippen LogP contribution >= 0.6 is 23.2 Å². The molecule has 1 aromatic heterocycles. The van der Waals surface area contributed by atoms with Crippen molar-refractivity contribution in [2.24, 2.45) is 5.41 Å². The number of aromatic hydroxyl groups is 1. The van der Waals surface area contributed by atoms with Crippen LogP contribution in [0.4, 0.5) is 4.39 Å². The molecular weight excluding hydrogens is 444 g/mol. The molecule has 0 unspecified atom stereocenters. The average molecular weight is 466 g/mol. The summed E-state index contributed by atoms with van der Waals surface area (Å²) in [5, 5.41) is 20.3. The van der Waals surface area contributed by atoms with E-state index < -0.39 is 29.4 Å². The van der Waals surface area contributed by atoms with Gasteiger partial charge in [-0.25, -0.2) is 4.39 Å². The molecule has 0 spiro atoms. The first-order valence-corrected chi connectivity index (χ1v) is 10.3. The van der Waals surface area contributed by atoms with Gasteiger partial charge in [-0.3, -0.25) is 14.2 Å². The number of benzene rings is 2. The van der Waals surface area contributed by atoms with Crippen LogP contribution in [0.15, 0.2) is 30.3 Å². The molecule has 3 aromatic rings. The Labute approximate surface area is 189 Å². The maximum absolute atomic E-state index is 15.1. The lowest BCUT2D eigenvalue weighted by Gasteiger charge is -2.24. The van der Waals surface area contributed by atoms with Gasteiger partial charge in [-0.15, -0.1) is 0 Å². The summed E-state index contributed by atoms with van der Waals surface area (Å²) >= 11 is 12.0.